The number of benzene rings is 1. The van der Waals surface area contributed by atoms with E-state index >= 15 is 0 Å². The Hall–Kier alpha value is -2.77. The van der Waals surface area contributed by atoms with Gasteiger partial charge in [-0.15, -0.1) is 0 Å². The van der Waals surface area contributed by atoms with Crippen molar-refractivity contribution in [3.8, 4) is 0 Å². The number of amides is 1. The van der Waals surface area contributed by atoms with Crippen LogP contribution in [0.1, 0.15) is 40.3 Å². The van der Waals surface area contributed by atoms with Crippen LogP contribution in [0.5, 0.6) is 0 Å². The molecule has 5 nitrogen and oxygen atoms in total. The molecule has 1 fully saturated rings. The molecule has 25 heavy (non-hydrogen) atoms. The van der Waals surface area contributed by atoms with Crippen LogP contribution in [0.15, 0.2) is 40.8 Å². The molecule has 1 amide bonds. The number of carboxylic acids is 1. The maximum absolute atomic E-state index is 12.9. The Morgan fingerprint density at radius 3 is 2.48 bits per heavy atom. The monoisotopic (exact) mass is 353 g/mol. The van der Waals surface area contributed by atoms with Crippen LogP contribution in [-0.4, -0.2) is 17.0 Å². The molecule has 1 heterocycles. The number of alkyl halides is 3. The number of furan rings is 1. The SMILES string of the molecule is O=C(O)c1ccc(CNC(=O)C2(c3cccc(C(F)(F)F)c3)CC2)o1. The summed E-state index contributed by atoms with van der Waals surface area (Å²) in [5.41, 5.74) is -1.43. The quantitative estimate of drug-likeness (QED) is 0.864. The predicted octanol–water partition coefficient (Wildman–Crippen LogP) is 3.34. The van der Waals surface area contributed by atoms with Gasteiger partial charge in [0.1, 0.15) is 5.76 Å². The zero-order valence-electron chi connectivity index (χ0n) is 12.9. The first kappa shape index (κ1) is 17.1. The van der Waals surface area contributed by atoms with Crippen molar-refractivity contribution in [1.82, 2.24) is 5.32 Å². The van der Waals surface area contributed by atoms with E-state index in [2.05, 4.69) is 5.32 Å². The lowest BCUT2D eigenvalue weighted by atomic mass is 9.93. The molecule has 1 saturated carbocycles. The van der Waals surface area contributed by atoms with Crippen molar-refractivity contribution < 1.29 is 32.3 Å². The molecular formula is C17H14F3NO4. The fourth-order valence-electron chi connectivity index (χ4n) is 2.69. The van der Waals surface area contributed by atoms with Crippen molar-refractivity contribution in [1.29, 1.82) is 0 Å². The smallest absolute Gasteiger partial charge is 0.416 e. The summed E-state index contributed by atoms with van der Waals surface area (Å²) in [4.78, 5) is 23.2. The number of carboxylic acid groups (broad SMARTS) is 1. The maximum atomic E-state index is 12.9. The van der Waals surface area contributed by atoms with Gasteiger partial charge in [0.15, 0.2) is 0 Å². The molecule has 1 aromatic carbocycles. The molecule has 8 heteroatoms. The zero-order chi connectivity index (χ0) is 18.2. The highest BCUT2D eigenvalue weighted by Crippen LogP contribution is 2.49. The van der Waals surface area contributed by atoms with Gasteiger partial charge in [-0.05, 0) is 36.6 Å². The summed E-state index contributed by atoms with van der Waals surface area (Å²) in [6, 6.07) is 7.46. The summed E-state index contributed by atoms with van der Waals surface area (Å²) in [5, 5.41) is 11.4. The van der Waals surface area contributed by atoms with Gasteiger partial charge in [-0.25, -0.2) is 4.79 Å². The van der Waals surface area contributed by atoms with Crippen molar-refractivity contribution in [3.05, 3.63) is 59.0 Å². The zero-order valence-corrected chi connectivity index (χ0v) is 12.9. The molecule has 0 aliphatic heterocycles. The number of carbonyl (C=O) groups excluding carboxylic acids is 1. The van der Waals surface area contributed by atoms with Crippen LogP contribution in [0.25, 0.3) is 0 Å². The van der Waals surface area contributed by atoms with Crippen LogP contribution in [0.2, 0.25) is 0 Å². The van der Waals surface area contributed by atoms with Crippen LogP contribution in [-0.2, 0) is 22.9 Å². The Labute approximate surface area is 140 Å². The molecule has 1 aliphatic carbocycles. The van der Waals surface area contributed by atoms with E-state index in [9.17, 15) is 22.8 Å². The minimum absolute atomic E-state index is 0.0349. The number of hydrogen-bond donors (Lipinski definition) is 2. The first-order valence-corrected chi connectivity index (χ1v) is 7.50. The third kappa shape index (κ3) is 3.38. The van der Waals surface area contributed by atoms with Crippen LogP contribution in [0, 0.1) is 0 Å². The molecular weight excluding hydrogens is 339 g/mol. The van der Waals surface area contributed by atoms with Gasteiger partial charge in [0.05, 0.1) is 17.5 Å². The lowest BCUT2D eigenvalue weighted by Crippen LogP contribution is -2.34. The number of halogens is 3. The number of carbonyl (C=O) groups is 2. The summed E-state index contributed by atoms with van der Waals surface area (Å²) >= 11 is 0. The molecule has 132 valence electrons. The van der Waals surface area contributed by atoms with Crippen molar-refractivity contribution in [2.75, 3.05) is 0 Å². The second-order valence-electron chi connectivity index (χ2n) is 5.91. The maximum Gasteiger partial charge on any atom is 0.416 e. The molecule has 1 aromatic heterocycles. The summed E-state index contributed by atoms with van der Waals surface area (Å²) in [6.07, 6.45) is -3.55. The van der Waals surface area contributed by atoms with Crippen molar-refractivity contribution in [3.63, 3.8) is 0 Å². The predicted molar refractivity (Wildman–Crippen MR) is 79.9 cm³/mol. The molecule has 0 atom stereocenters. The van der Waals surface area contributed by atoms with E-state index in [1.807, 2.05) is 0 Å². The van der Waals surface area contributed by atoms with Crippen molar-refractivity contribution >= 4 is 11.9 Å². The summed E-state index contributed by atoms with van der Waals surface area (Å²) in [5.74, 6) is -1.62. The Kier molecular flexibility index (Phi) is 4.06. The lowest BCUT2D eigenvalue weighted by Gasteiger charge is -2.17. The fourth-order valence-corrected chi connectivity index (χ4v) is 2.69. The first-order chi connectivity index (χ1) is 11.7. The topological polar surface area (TPSA) is 79.5 Å². The Morgan fingerprint density at radius 1 is 1.20 bits per heavy atom. The first-order valence-electron chi connectivity index (χ1n) is 7.50. The molecule has 2 aromatic rings. The highest BCUT2D eigenvalue weighted by molar-refractivity contribution is 5.91. The standard InChI is InChI=1S/C17H14F3NO4/c18-17(19,20)11-3-1-2-10(8-11)16(6-7-16)15(24)21-9-12-4-5-13(25-12)14(22)23/h1-5,8H,6-7,9H2,(H,21,24)(H,22,23). The van der Waals surface area contributed by atoms with E-state index in [0.717, 1.165) is 12.1 Å². The molecule has 0 saturated heterocycles. The van der Waals surface area contributed by atoms with Gasteiger partial charge in [-0.2, -0.15) is 13.2 Å². The number of nitrogens with one attached hydrogen (secondary N) is 1. The Balaban J connectivity index is 1.72. The summed E-state index contributed by atoms with van der Waals surface area (Å²) in [7, 11) is 0. The number of rotatable bonds is 5. The Bertz CT molecular complexity index is 821. The molecule has 2 N–H and O–H groups in total. The van der Waals surface area contributed by atoms with Crippen LogP contribution < -0.4 is 5.32 Å². The van der Waals surface area contributed by atoms with Crippen molar-refractivity contribution in [2.24, 2.45) is 0 Å². The summed E-state index contributed by atoms with van der Waals surface area (Å²) < 4.78 is 43.6. The van der Waals surface area contributed by atoms with E-state index in [1.165, 1.54) is 24.3 Å². The third-order valence-corrected chi connectivity index (χ3v) is 4.22. The molecule has 0 spiro atoms. The van der Waals surface area contributed by atoms with Gasteiger partial charge in [-0.3, -0.25) is 4.79 Å². The molecule has 0 radical (unpaired) electrons. The van der Waals surface area contributed by atoms with Crippen LogP contribution in [0.3, 0.4) is 0 Å². The van der Waals surface area contributed by atoms with Crippen LogP contribution in [0.4, 0.5) is 13.2 Å². The highest BCUT2D eigenvalue weighted by Gasteiger charge is 2.51. The van der Waals surface area contributed by atoms with Gasteiger partial charge in [-0.1, -0.05) is 18.2 Å². The third-order valence-electron chi connectivity index (χ3n) is 4.22. The van der Waals surface area contributed by atoms with Crippen molar-refractivity contribution in [2.45, 2.75) is 31.0 Å². The van der Waals surface area contributed by atoms with Gasteiger partial charge >= 0.3 is 12.1 Å². The average Bonchev–Trinajstić information content (AvgIpc) is 3.23. The largest absolute Gasteiger partial charge is 0.475 e. The number of aromatic carboxylic acids is 1. The molecule has 1 aliphatic rings. The van der Waals surface area contributed by atoms with Crippen LogP contribution >= 0.6 is 0 Å². The molecule has 3 rings (SSSR count). The van der Waals surface area contributed by atoms with Gasteiger partial charge in [0.25, 0.3) is 0 Å². The minimum atomic E-state index is -4.47. The molecule has 0 unspecified atom stereocenters. The normalized spacial score (nSPS) is 15.6. The minimum Gasteiger partial charge on any atom is -0.475 e. The van der Waals surface area contributed by atoms with E-state index in [4.69, 9.17) is 9.52 Å². The highest BCUT2D eigenvalue weighted by atomic mass is 19.4. The average molecular weight is 353 g/mol. The van der Waals surface area contributed by atoms with E-state index < -0.39 is 29.0 Å². The van der Waals surface area contributed by atoms with Gasteiger partial charge in [0, 0.05) is 0 Å². The summed E-state index contributed by atoms with van der Waals surface area (Å²) in [6.45, 7) is -0.0349. The van der Waals surface area contributed by atoms with Gasteiger partial charge < -0.3 is 14.8 Å². The molecule has 0 bridgehead atoms. The van der Waals surface area contributed by atoms with Gasteiger partial charge in [0.2, 0.25) is 11.7 Å². The lowest BCUT2D eigenvalue weighted by molar-refractivity contribution is -0.137. The van der Waals surface area contributed by atoms with E-state index in [1.54, 1.807) is 0 Å². The van der Waals surface area contributed by atoms with E-state index in [-0.39, 0.29) is 18.1 Å². The number of hydrogen-bond acceptors (Lipinski definition) is 3. The van der Waals surface area contributed by atoms with E-state index in [0.29, 0.717) is 18.4 Å². The Morgan fingerprint density at radius 2 is 1.92 bits per heavy atom. The fraction of sp³-hybridized carbons (Fsp3) is 0.294. The second-order valence-corrected chi connectivity index (χ2v) is 5.91. The second kappa shape index (κ2) is 5.94.